The topological polar surface area (TPSA) is 39.9 Å². The number of fused-ring (bicyclic) bond motifs is 4. The number of nitrogens with zero attached hydrogens (tertiary/aromatic N) is 3. The quantitative estimate of drug-likeness (QED) is 0.153. The van der Waals surface area contributed by atoms with Gasteiger partial charge in [-0.1, -0.05) is 101 Å². The summed E-state index contributed by atoms with van der Waals surface area (Å²) < 4.78 is 65.4. The van der Waals surface area contributed by atoms with Crippen molar-refractivity contribution >= 4 is 32.6 Å². The predicted molar refractivity (Wildman–Crippen MR) is 213 cm³/mol. The van der Waals surface area contributed by atoms with Crippen LogP contribution in [0.4, 0.5) is 17.6 Å². The smallest absolute Gasteiger partial charge is 0.394 e. The summed E-state index contributed by atoms with van der Waals surface area (Å²) in [4.78, 5) is 10.1. The summed E-state index contributed by atoms with van der Waals surface area (Å²) in [6.45, 7) is 8.96. The Bertz CT molecular complexity index is 2710. The minimum Gasteiger partial charge on any atom is -0.418 e. The van der Waals surface area contributed by atoms with Crippen LogP contribution in [-0.2, 0) is 11.8 Å². The summed E-state index contributed by atoms with van der Waals surface area (Å²) in [5.74, 6) is 0.157. The molecule has 0 saturated carbocycles. The fraction of sp³-hybridized carbons (Fsp3) is 0.191. The molecule has 0 unspecified atom stereocenters. The summed E-state index contributed by atoms with van der Waals surface area (Å²) in [7, 11) is 0. The van der Waals surface area contributed by atoms with Crippen LogP contribution in [0.5, 0.6) is 11.8 Å². The standard InChI is InChI=1S/C47H39F4N3O/c1-45(2,3)38-26-32(25-31-14-9-10-15-35(31)38)40-27-37-36-24-29(28-46(4,5)47(49,50)51)18-23-41(36)54(34-21-19-33(48)20-22-34)43(37)44(53-40)55-42-17-11-16-39(52-42)30-12-7-6-8-13-30/h6-27H,28H2,1-5H3. The second-order valence-electron chi connectivity index (χ2n) is 15.8. The minimum atomic E-state index is -4.40. The van der Waals surface area contributed by atoms with Crippen LogP contribution in [0.1, 0.15) is 45.7 Å². The Hall–Kier alpha value is -6.02. The van der Waals surface area contributed by atoms with E-state index < -0.39 is 17.4 Å². The molecule has 0 atom stereocenters. The van der Waals surface area contributed by atoms with E-state index in [1.807, 2.05) is 77.4 Å². The molecule has 8 heteroatoms. The number of hydrogen-bond donors (Lipinski definition) is 0. The van der Waals surface area contributed by atoms with Crippen molar-refractivity contribution in [1.82, 2.24) is 14.5 Å². The Labute approximate surface area is 317 Å². The molecule has 55 heavy (non-hydrogen) atoms. The van der Waals surface area contributed by atoms with Gasteiger partial charge < -0.3 is 9.30 Å². The summed E-state index contributed by atoms with van der Waals surface area (Å²) >= 11 is 0. The van der Waals surface area contributed by atoms with Gasteiger partial charge in [0, 0.05) is 33.7 Å². The van der Waals surface area contributed by atoms with Crippen molar-refractivity contribution in [2.45, 2.75) is 52.6 Å². The van der Waals surface area contributed by atoms with Gasteiger partial charge >= 0.3 is 6.18 Å². The van der Waals surface area contributed by atoms with Gasteiger partial charge in [0.25, 0.3) is 0 Å². The molecule has 276 valence electrons. The van der Waals surface area contributed by atoms with E-state index in [-0.39, 0.29) is 17.7 Å². The fourth-order valence-electron chi connectivity index (χ4n) is 7.27. The lowest BCUT2D eigenvalue weighted by Crippen LogP contribution is -2.34. The van der Waals surface area contributed by atoms with Gasteiger partial charge in [0.05, 0.1) is 22.3 Å². The van der Waals surface area contributed by atoms with E-state index in [4.69, 9.17) is 14.7 Å². The Balaban J connectivity index is 1.43. The van der Waals surface area contributed by atoms with Crippen LogP contribution in [0.2, 0.25) is 0 Å². The van der Waals surface area contributed by atoms with E-state index in [1.165, 1.54) is 26.0 Å². The molecule has 8 aromatic rings. The van der Waals surface area contributed by atoms with Crippen molar-refractivity contribution in [3.63, 3.8) is 0 Å². The maximum atomic E-state index is 14.3. The zero-order valence-corrected chi connectivity index (χ0v) is 31.2. The van der Waals surface area contributed by atoms with Crippen LogP contribution in [0, 0.1) is 11.2 Å². The SMILES string of the molecule is CC(C)(C)c1cc(-c2cc3c4cc(CC(C)(C)C(F)(F)F)ccc4n(-c4ccc(F)cc4)c3c(Oc3cccc(-c4ccccc4)n3)n2)cc2ccccc12. The summed E-state index contributed by atoms with van der Waals surface area (Å²) in [6, 6.07) is 41.3. The summed E-state index contributed by atoms with van der Waals surface area (Å²) in [5, 5.41) is 3.63. The van der Waals surface area contributed by atoms with E-state index in [2.05, 4.69) is 45.0 Å². The molecule has 0 aliphatic rings. The van der Waals surface area contributed by atoms with Crippen LogP contribution < -0.4 is 4.74 Å². The molecule has 0 radical (unpaired) electrons. The molecule has 0 aliphatic heterocycles. The molecule has 0 aliphatic carbocycles. The van der Waals surface area contributed by atoms with Crippen molar-refractivity contribution in [3.05, 3.63) is 150 Å². The van der Waals surface area contributed by atoms with Crippen LogP contribution in [0.25, 0.3) is 60.8 Å². The van der Waals surface area contributed by atoms with Crippen molar-refractivity contribution in [3.8, 4) is 40.0 Å². The van der Waals surface area contributed by atoms with Crippen molar-refractivity contribution in [2.24, 2.45) is 5.41 Å². The maximum absolute atomic E-state index is 14.3. The number of halogens is 4. The molecule has 0 fully saturated rings. The van der Waals surface area contributed by atoms with E-state index in [9.17, 15) is 17.6 Å². The first-order valence-corrected chi connectivity index (χ1v) is 18.2. The Morgan fingerprint density at radius 3 is 2.07 bits per heavy atom. The molecule has 3 aromatic heterocycles. The number of hydrogen-bond acceptors (Lipinski definition) is 3. The summed E-state index contributed by atoms with van der Waals surface area (Å²) in [6.07, 6.45) is -4.61. The van der Waals surface area contributed by atoms with E-state index in [0.29, 0.717) is 44.9 Å². The number of rotatable bonds is 7. The van der Waals surface area contributed by atoms with Gasteiger partial charge in [-0.15, -0.1) is 0 Å². The Morgan fingerprint density at radius 1 is 0.618 bits per heavy atom. The lowest BCUT2D eigenvalue weighted by atomic mass is 9.82. The first kappa shape index (κ1) is 36.0. The van der Waals surface area contributed by atoms with Gasteiger partial charge in [-0.2, -0.15) is 13.2 Å². The zero-order valence-electron chi connectivity index (χ0n) is 31.2. The number of pyridine rings is 2. The lowest BCUT2D eigenvalue weighted by Gasteiger charge is -2.27. The Kier molecular flexibility index (Phi) is 8.75. The van der Waals surface area contributed by atoms with Gasteiger partial charge in [-0.3, -0.25) is 0 Å². The normalized spacial score (nSPS) is 12.5. The lowest BCUT2D eigenvalue weighted by molar-refractivity contribution is -0.211. The van der Waals surface area contributed by atoms with Crippen LogP contribution in [0.15, 0.2) is 133 Å². The molecular formula is C47H39F4N3O. The van der Waals surface area contributed by atoms with Crippen LogP contribution in [-0.4, -0.2) is 20.7 Å². The molecule has 0 spiro atoms. The zero-order chi connectivity index (χ0) is 38.7. The van der Waals surface area contributed by atoms with Gasteiger partial charge in [0.1, 0.15) is 11.3 Å². The largest absolute Gasteiger partial charge is 0.418 e. The highest BCUT2D eigenvalue weighted by atomic mass is 19.4. The second-order valence-corrected chi connectivity index (χ2v) is 15.8. The van der Waals surface area contributed by atoms with Gasteiger partial charge in [0.2, 0.25) is 11.8 Å². The van der Waals surface area contributed by atoms with E-state index in [1.54, 1.807) is 24.3 Å². The fourth-order valence-corrected chi connectivity index (χ4v) is 7.27. The van der Waals surface area contributed by atoms with E-state index >= 15 is 0 Å². The number of aromatic nitrogens is 3. The van der Waals surface area contributed by atoms with Crippen molar-refractivity contribution in [2.75, 3.05) is 0 Å². The highest BCUT2D eigenvalue weighted by Gasteiger charge is 2.47. The van der Waals surface area contributed by atoms with Gasteiger partial charge in [-0.25, -0.2) is 14.4 Å². The Morgan fingerprint density at radius 2 is 1.35 bits per heavy atom. The number of benzene rings is 5. The molecule has 0 bridgehead atoms. The molecule has 8 rings (SSSR count). The van der Waals surface area contributed by atoms with Crippen LogP contribution in [0.3, 0.4) is 0 Å². The molecule has 3 heterocycles. The number of ether oxygens (including phenoxy) is 1. The maximum Gasteiger partial charge on any atom is 0.394 e. The second kappa shape index (κ2) is 13.4. The van der Waals surface area contributed by atoms with Crippen LogP contribution >= 0.6 is 0 Å². The third-order valence-electron chi connectivity index (χ3n) is 10.2. The highest BCUT2D eigenvalue weighted by molar-refractivity contribution is 6.12. The van der Waals surface area contributed by atoms with Crippen molar-refractivity contribution in [1.29, 1.82) is 0 Å². The summed E-state index contributed by atoms with van der Waals surface area (Å²) in [5.41, 5.74) is 4.55. The third kappa shape index (κ3) is 6.82. The monoisotopic (exact) mass is 737 g/mol. The molecule has 0 N–H and O–H groups in total. The first-order valence-electron chi connectivity index (χ1n) is 18.2. The molecule has 0 amide bonds. The third-order valence-corrected chi connectivity index (χ3v) is 10.2. The van der Waals surface area contributed by atoms with Crippen molar-refractivity contribution < 1.29 is 22.3 Å². The highest BCUT2D eigenvalue weighted by Crippen LogP contribution is 2.44. The first-order chi connectivity index (χ1) is 26.2. The average molecular weight is 738 g/mol. The predicted octanol–water partition coefficient (Wildman–Crippen LogP) is 13.4. The molecule has 4 nitrogen and oxygen atoms in total. The molecule has 5 aromatic carbocycles. The van der Waals surface area contributed by atoms with Gasteiger partial charge in [-0.05, 0) is 94.4 Å². The minimum absolute atomic E-state index is 0.195. The average Bonchev–Trinajstić information content (AvgIpc) is 3.48. The van der Waals surface area contributed by atoms with E-state index in [0.717, 1.165) is 32.8 Å². The number of alkyl halides is 3. The molecular weight excluding hydrogens is 699 g/mol. The molecule has 0 saturated heterocycles. The van der Waals surface area contributed by atoms with Gasteiger partial charge in [0.15, 0.2) is 0 Å².